The maximum absolute atomic E-state index is 6.03. The first-order valence-electron chi connectivity index (χ1n) is 12.0. The third kappa shape index (κ3) is 4.75. The number of halogens is 1. The second kappa shape index (κ2) is 10.2. The Kier molecular flexibility index (Phi) is 7.30. The first-order chi connectivity index (χ1) is 16.0. The van der Waals surface area contributed by atoms with E-state index < -0.39 is 0 Å². The first-order valence-corrected chi connectivity index (χ1v) is 12.6. The number of fused-ring (bicyclic) bond motifs is 3. The van der Waals surface area contributed by atoms with Crippen LogP contribution in [0.2, 0.25) is 0 Å². The quantitative estimate of drug-likeness (QED) is 0.439. The van der Waals surface area contributed by atoms with E-state index in [9.17, 15) is 0 Å². The van der Waals surface area contributed by atoms with Crippen molar-refractivity contribution in [3.63, 3.8) is 0 Å². The average Bonchev–Trinajstić information content (AvgIpc) is 3.29. The van der Waals surface area contributed by atoms with E-state index in [0.29, 0.717) is 18.5 Å². The number of aryl methyl sites for hydroxylation is 1. The van der Waals surface area contributed by atoms with E-state index in [1.54, 1.807) is 0 Å². The average molecular weight is 467 g/mol. The van der Waals surface area contributed by atoms with Crippen molar-refractivity contribution in [1.29, 1.82) is 0 Å². The zero-order valence-corrected chi connectivity index (χ0v) is 21.2. The summed E-state index contributed by atoms with van der Waals surface area (Å²) in [6, 6.07) is 13.9. The maximum atomic E-state index is 6.03. The highest BCUT2D eigenvalue weighted by Gasteiger charge is 2.22. The van der Waals surface area contributed by atoms with Crippen LogP contribution >= 0.6 is 11.6 Å². The molecule has 0 radical (unpaired) electrons. The topological polar surface area (TPSA) is 33.5 Å². The number of alkyl halides is 1. The van der Waals surface area contributed by atoms with E-state index in [2.05, 4.69) is 76.5 Å². The molecule has 2 aromatic carbocycles. The zero-order chi connectivity index (χ0) is 23.5. The van der Waals surface area contributed by atoms with Crippen LogP contribution < -0.4 is 9.64 Å². The van der Waals surface area contributed by atoms with Crippen LogP contribution in [0.15, 0.2) is 42.6 Å². The summed E-state index contributed by atoms with van der Waals surface area (Å²) in [6.07, 6.45) is 2.01. The van der Waals surface area contributed by atoms with Crippen LogP contribution in [0.5, 0.6) is 5.75 Å². The van der Waals surface area contributed by atoms with Gasteiger partial charge < -0.3 is 9.64 Å². The highest BCUT2D eigenvalue weighted by atomic mass is 35.5. The third-order valence-electron chi connectivity index (χ3n) is 6.48. The number of nitrogens with zero attached hydrogens (tertiary/aromatic N) is 4. The predicted molar refractivity (Wildman–Crippen MR) is 138 cm³/mol. The van der Waals surface area contributed by atoms with E-state index in [1.807, 2.05) is 20.0 Å². The van der Waals surface area contributed by atoms with Gasteiger partial charge in [0, 0.05) is 44.1 Å². The fraction of sp³-hybridized carbons (Fsp3) is 0.444. The minimum absolute atomic E-state index is 0.408. The van der Waals surface area contributed by atoms with Crippen molar-refractivity contribution >= 4 is 17.3 Å². The molecule has 0 spiro atoms. The summed E-state index contributed by atoms with van der Waals surface area (Å²) in [5.74, 6) is 2.20. The number of benzene rings is 2. The molecule has 0 N–H and O–H groups in total. The summed E-state index contributed by atoms with van der Waals surface area (Å²) in [5.41, 5.74) is 6.85. The van der Waals surface area contributed by atoms with E-state index in [-0.39, 0.29) is 0 Å². The molecule has 1 fully saturated rings. The zero-order valence-electron chi connectivity index (χ0n) is 20.4. The molecular formula is C27H35ClN4O. The molecule has 1 aromatic heterocycles. The molecule has 5 nitrogen and oxygen atoms in total. The SMILES string of the molecule is CC.Cc1cc2c(cc1-c1ccc(N3CCN(C(C)C)CC3)cc1)OCc1nc(CCl)cn1-2. The van der Waals surface area contributed by atoms with Crippen LogP contribution in [0.1, 0.15) is 44.8 Å². The minimum atomic E-state index is 0.408. The molecule has 33 heavy (non-hydrogen) atoms. The summed E-state index contributed by atoms with van der Waals surface area (Å²) in [6.45, 7) is 15.6. The molecule has 0 aliphatic carbocycles. The van der Waals surface area contributed by atoms with Gasteiger partial charge in [-0.15, -0.1) is 11.6 Å². The Labute approximate surface area is 202 Å². The van der Waals surface area contributed by atoms with Gasteiger partial charge in [-0.05, 0) is 61.7 Å². The molecule has 3 aromatic rings. The fourth-order valence-electron chi connectivity index (χ4n) is 4.63. The molecule has 0 unspecified atom stereocenters. The van der Waals surface area contributed by atoms with Gasteiger partial charge in [-0.1, -0.05) is 26.0 Å². The number of anilines is 1. The minimum Gasteiger partial charge on any atom is -0.483 e. The maximum Gasteiger partial charge on any atom is 0.151 e. The highest BCUT2D eigenvalue weighted by molar-refractivity contribution is 6.16. The predicted octanol–water partition coefficient (Wildman–Crippen LogP) is 6.04. The molecule has 0 saturated carbocycles. The summed E-state index contributed by atoms with van der Waals surface area (Å²) in [7, 11) is 0. The third-order valence-corrected chi connectivity index (χ3v) is 6.75. The lowest BCUT2D eigenvalue weighted by Crippen LogP contribution is -2.48. The number of rotatable bonds is 4. The summed E-state index contributed by atoms with van der Waals surface area (Å²) in [5, 5.41) is 0. The Bertz CT molecular complexity index is 1080. The molecule has 3 heterocycles. The number of hydrogen-bond acceptors (Lipinski definition) is 4. The van der Waals surface area contributed by atoms with Crippen molar-refractivity contribution in [2.45, 2.75) is 53.1 Å². The molecule has 5 rings (SSSR count). The molecule has 0 bridgehead atoms. The molecule has 176 valence electrons. The molecule has 6 heteroatoms. The fourth-order valence-corrected chi connectivity index (χ4v) is 4.75. The van der Waals surface area contributed by atoms with E-state index in [0.717, 1.165) is 49.1 Å². The van der Waals surface area contributed by atoms with Gasteiger partial charge >= 0.3 is 0 Å². The largest absolute Gasteiger partial charge is 0.483 e. The molecule has 2 aliphatic rings. The first kappa shape index (κ1) is 23.7. The monoisotopic (exact) mass is 466 g/mol. The number of hydrogen-bond donors (Lipinski definition) is 0. The van der Waals surface area contributed by atoms with Gasteiger partial charge in [0.15, 0.2) is 5.82 Å². The van der Waals surface area contributed by atoms with E-state index >= 15 is 0 Å². The number of imidazole rings is 1. The number of piperazine rings is 1. The van der Waals surface area contributed by atoms with E-state index in [1.165, 1.54) is 22.4 Å². The van der Waals surface area contributed by atoms with Crippen molar-refractivity contribution in [2.24, 2.45) is 0 Å². The van der Waals surface area contributed by atoms with Crippen LogP contribution in [0.25, 0.3) is 16.8 Å². The Balaban J connectivity index is 0.00000126. The lowest BCUT2D eigenvalue weighted by molar-refractivity contribution is 0.209. The summed E-state index contributed by atoms with van der Waals surface area (Å²) in [4.78, 5) is 9.58. The summed E-state index contributed by atoms with van der Waals surface area (Å²) >= 11 is 5.98. The number of ether oxygens (including phenoxy) is 1. The Morgan fingerprint density at radius 2 is 1.73 bits per heavy atom. The smallest absolute Gasteiger partial charge is 0.151 e. The van der Waals surface area contributed by atoms with Gasteiger partial charge in [0.05, 0.1) is 17.3 Å². The van der Waals surface area contributed by atoms with Crippen molar-refractivity contribution in [2.75, 3.05) is 31.1 Å². The summed E-state index contributed by atoms with van der Waals surface area (Å²) < 4.78 is 8.14. The lowest BCUT2D eigenvalue weighted by atomic mass is 9.98. The van der Waals surface area contributed by atoms with Crippen molar-refractivity contribution < 1.29 is 4.74 Å². The van der Waals surface area contributed by atoms with Crippen LogP contribution in [0, 0.1) is 6.92 Å². The molecule has 1 saturated heterocycles. The Morgan fingerprint density at radius 1 is 1.03 bits per heavy atom. The van der Waals surface area contributed by atoms with Crippen LogP contribution in [0.4, 0.5) is 5.69 Å². The molecule has 2 aliphatic heterocycles. The Hall–Kier alpha value is -2.50. The van der Waals surface area contributed by atoms with Crippen molar-refractivity contribution in [3.8, 4) is 22.6 Å². The number of aromatic nitrogens is 2. The van der Waals surface area contributed by atoms with Gasteiger partial charge in [-0.3, -0.25) is 9.47 Å². The molecule has 0 amide bonds. The van der Waals surface area contributed by atoms with Crippen LogP contribution in [-0.4, -0.2) is 46.7 Å². The van der Waals surface area contributed by atoms with Gasteiger partial charge in [0.25, 0.3) is 0 Å². The van der Waals surface area contributed by atoms with Crippen molar-refractivity contribution in [1.82, 2.24) is 14.5 Å². The normalized spacial score (nSPS) is 15.4. The lowest BCUT2D eigenvalue weighted by Gasteiger charge is -2.38. The molecule has 0 atom stereocenters. The van der Waals surface area contributed by atoms with Gasteiger partial charge in [-0.2, -0.15) is 0 Å². The van der Waals surface area contributed by atoms with Gasteiger partial charge in [-0.25, -0.2) is 4.98 Å². The van der Waals surface area contributed by atoms with E-state index in [4.69, 9.17) is 16.3 Å². The molecular weight excluding hydrogens is 432 g/mol. The Morgan fingerprint density at radius 3 is 2.36 bits per heavy atom. The second-order valence-electron chi connectivity index (χ2n) is 8.74. The highest BCUT2D eigenvalue weighted by Crippen LogP contribution is 2.37. The van der Waals surface area contributed by atoms with Crippen LogP contribution in [-0.2, 0) is 12.5 Å². The standard InChI is InChI=1S/C25H29ClN4O.C2H6/c1-17(2)28-8-10-29(11-9-28)21-6-4-19(5-7-21)22-13-24-23(12-18(22)3)30-15-20(14-26)27-25(30)16-31-24;1-2/h4-7,12-13,15,17H,8-11,14,16H2,1-3H3;1-2H3. The van der Waals surface area contributed by atoms with Crippen LogP contribution in [0.3, 0.4) is 0 Å². The second-order valence-corrected chi connectivity index (χ2v) is 9.01. The van der Waals surface area contributed by atoms with Gasteiger partial charge in [0.1, 0.15) is 12.4 Å². The van der Waals surface area contributed by atoms with Crippen molar-refractivity contribution in [3.05, 3.63) is 59.7 Å². The van der Waals surface area contributed by atoms with Gasteiger partial charge in [0.2, 0.25) is 0 Å².